The van der Waals surface area contributed by atoms with Crippen molar-refractivity contribution in [3.8, 4) is 0 Å². The van der Waals surface area contributed by atoms with Crippen LogP contribution in [-0.4, -0.2) is 36.7 Å². The molecule has 136 valence electrons. The number of hydrogen-bond acceptors (Lipinski definition) is 3. The van der Waals surface area contributed by atoms with E-state index in [0.717, 1.165) is 50.5 Å². The van der Waals surface area contributed by atoms with Crippen LogP contribution in [0.4, 0.5) is 5.69 Å². The molecule has 0 atom stereocenters. The molecule has 2 rings (SSSR count). The number of carboxylic acid groups (broad SMARTS) is 1. The second-order valence-electron chi connectivity index (χ2n) is 5.03. The van der Waals surface area contributed by atoms with Crippen molar-refractivity contribution >= 4 is 40.8 Å². The molecular formula is C16H27Cl2N4O2+. The van der Waals surface area contributed by atoms with Gasteiger partial charge in [-0.1, -0.05) is 29.3 Å². The number of nitrogens with two attached hydrogens (primary N) is 1. The van der Waals surface area contributed by atoms with Gasteiger partial charge in [0.1, 0.15) is 10.0 Å². The molecule has 0 spiro atoms. The molecule has 0 saturated carbocycles. The zero-order chi connectivity index (χ0) is 17.1. The first kappa shape index (κ1) is 22.7. The highest BCUT2D eigenvalue weighted by Gasteiger charge is 2.15. The second-order valence-corrected chi connectivity index (χ2v) is 5.85. The lowest BCUT2D eigenvalue weighted by Crippen LogP contribution is -2.85. The normalized spacial score (nSPS) is 12.4. The number of para-hydroxylation sites is 1. The van der Waals surface area contributed by atoms with Gasteiger partial charge in [-0.15, -0.1) is 0 Å². The fourth-order valence-electron chi connectivity index (χ4n) is 1.93. The van der Waals surface area contributed by atoms with Gasteiger partial charge in [-0.05, 0) is 31.4 Å². The van der Waals surface area contributed by atoms with Crippen LogP contribution in [0.1, 0.15) is 25.7 Å². The predicted octanol–water partition coefficient (Wildman–Crippen LogP) is 1.47. The monoisotopic (exact) mass is 377 g/mol. The minimum absolute atomic E-state index is 0. The highest BCUT2D eigenvalue weighted by atomic mass is 35.5. The Kier molecular flexibility index (Phi) is 12.3. The van der Waals surface area contributed by atoms with Crippen molar-refractivity contribution in [3.63, 3.8) is 0 Å². The van der Waals surface area contributed by atoms with Gasteiger partial charge in [0.05, 0.1) is 13.1 Å². The smallest absolute Gasteiger partial charge is 0.303 e. The molecule has 1 aromatic rings. The molecule has 0 radical (unpaired) electrons. The van der Waals surface area contributed by atoms with Crippen molar-refractivity contribution in [1.29, 1.82) is 0 Å². The van der Waals surface area contributed by atoms with Gasteiger partial charge in [0.15, 0.2) is 5.69 Å². The number of rotatable bonds is 6. The highest BCUT2D eigenvalue weighted by Crippen LogP contribution is 2.25. The van der Waals surface area contributed by atoms with E-state index in [1.165, 1.54) is 0 Å². The summed E-state index contributed by atoms with van der Waals surface area (Å²) in [4.78, 5) is 14.2. The zero-order valence-electron chi connectivity index (χ0n) is 14.0. The molecule has 7 N–H and O–H groups in total. The van der Waals surface area contributed by atoms with Crippen molar-refractivity contribution < 1.29 is 21.0 Å². The molecule has 1 heterocycles. The van der Waals surface area contributed by atoms with E-state index in [9.17, 15) is 4.79 Å². The maximum atomic E-state index is 9.95. The lowest BCUT2D eigenvalue weighted by atomic mass is 10.2. The summed E-state index contributed by atoms with van der Waals surface area (Å²) in [6.45, 7) is 2.61. The topological polar surface area (TPSA) is 106 Å². The van der Waals surface area contributed by atoms with Gasteiger partial charge in [-0.3, -0.25) is 4.79 Å². The number of hydrogen-bond donors (Lipinski definition) is 4. The standard InChI is InChI=1S/C9H9Cl2N3.C6H13NO2.CH3/c10-6-2-1-3-7(11)8(6)14-9-12-4-5-13-9;7-5-3-1-2-4-6(8)9;/h1-3H,4-5H2,(H2,12,13,14);1-5,7H2,(H,8,9);1H3/q;;-1/p+2. The first-order chi connectivity index (χ1) is 11.0. The summed E-state index contributed by atoms with van der Waals surface area (Å²) in [7, 11) is 0. The van der Waals surface area contributed by atoms with Crippen LogP contribution < -0.4 is 16.4 Å². The first-order valence-corrected chi connectivity index (χ1v) is 8.38. The second kappa shape index (κ2) is 13.0. The average molecular weight is 378 g/mol. The summed E-state index contributed by atoms with van der Waals surface area (Å²) in [6.07, 6.45) is 3.15. The first-order valence-electron chi connectivity index (χ1n) is 7.62. The van der Waals surface area contributed by atoms with Gasteiger partial charge in [0, 0.05) is 13.0 Å². The van der Waals surface area contributed by atoms with Crippen LogP contribution in [0.2, 0.25) is 10.0 Å². The zero-order valence-corrected chi connectivity index (χ0v) is 15.5. The Labute approximate surface area is 153 Å². The summed E-state index contributed by atoms with van der Waals surface area (Å²) in [5, 5.41) is 14.5. The summed E-state index contributed by atoms with van der Waals surface area (Å²) in [5.74, 6) is 0.152. The third kappa shape index (κ3) is 9.08. The number of guanidine groups is 1. The van der Waals surface area contributed by atoms with Crippen molar-refractivity contribution in [2.75, 3.05) is 19.6 Å². The van der Waals surface area contributed by atoms with Gasteiger partial charge in [-0.25, -0.2) is 10.3 Å². The van der Waals surface area contributed by atoms with Gasteiger partial charge >= 0.3 is 5.97 Å². The SMILES string of the molecule is Clc1cccc(Cl)c1[NH2+]C1=NCCN1.[CH3-].[NH3+]CCCCCC(=O)O. The Balaban J connectivity index is 0.000000468. The Morgan fingerprint density at radius 3 is 2.46 bits per heavy atom. The summed E-state index contributed by atoms with van der Waals surface area (Å²) in [5.41, 5.74) is 4.48. The number of unbranched alkanes of at least 4 members (excludes halogenated alkanes) is 2. The lowest BCUT2D eigenvalue weighted by molar-refractivity contribution is -0.447. The quantitative estimate of drug-likeness (QED) is 0.342. The molecular weight excluding hydrogens is 351 g/mol. The van der Waals surface area contributed by atoms with Gasteiger partial charge in [0.25, 0.3) is 5.96 Å². The van der Waals surface area contributed by atoms with E-state index in [4.69, 9.17) is 28.3 Å². The number of halogens is 2. The highest BCUT2D eigenvalue weighted by molar-refractivity contribution is 6.38. The van der Waals surface area contributed by atoms with E-state index in [2.05, 4.69) is 16.0 Å². The van der Waals surface area contributed by atoms with E-state index >= 15 is 0 Å². The Hall–Kier alpha value is -1.34. The molecule has 0 fully saturated rings. The molecule has 0 bridgehead atoms. The number of nitrogens with one attached hydrogen (secondary N) is 1. The minimum Gasteiger partial charge on any atom is -0.481 e. The van der Waals surface area contributed by atoms with Crippen LogP contribution in [0.15, 0.2) is 23.2 Å². The van der Waals surface area contributed by atoms with Gasteiger partial charge < -0.3 is 23.6 Å². The maximum Gasteiger partial charge on any atom is 0.303 e. The van der Waals surface area contributed by atoms with E-state index in [-0.39, 0.29) is 7.43 Å². The van der Waals surface area contributed by atoms with E-state index in [1.807, 2.05) is 23.5 Å². The van der Waals surface area contributed by atoms with E-state index in [0.29, 0.717) is 16.5 Å². The number of benzene rings is 1. The number of quaternary nitrogens is 2. The summed E-state index contributed by atoms with van der Waals surface area (Å²) in [6, 6.07) is 5.45. The third-order valence-electron chi connectivity index (χ3n) is 3.12. The molecule has 1 aliphatic heterocycles. The Morgan fingerprint density at radius 1 is 1.29 bits per heavy atom. The molecule has 0 aromatic heterocycles. The molecule has 8 heteroatoms. The molecule has 6 nitrogen and oxygen atoms in total. The van der Waals surface area contributed by atoms with Crippen molar-refractivity contribution in [2.24, 2.45) is 4.99 Å². The number of aliphatic carboxylic acids is 1. The lowest BCUT2D eigenvalue weighted by Gasteiger charge is -2.03. The molecule has 0 saturated heterocycles. The number of aliphatic imine (C=N–C) groups is 1. The minimum atomic E-state index is -0.695. The van der Waals surface area contributed by atoms with Gasteiger partial charge in [-0.2, -0.15) is 0 Å². The molecule has 24 heavy (non-hydrogen) atoms. The molecule has 1 aliphatic rings. The number of carbonyl (C=O) groups is 1. The van der Waals surface area contributed by atoms with Crippen LogP contribution >= 0.6 is 23.2 Å². The third-order valence-corrected chi connectivity index (χ3v) is 3.78. The van der Waals surface area contributed by atoms with Crippen LogP contribution in [0.25, 0.3) is 0 Å². The maximum absolute atomic E-state index is 9.95. The Bertz CT molecular complexity index is 519. The van der Waals surface area contributed by atoms with Crippen molar-refractivity contribution in [1.82, 2.24) is 5.32 Å². The number of nitrogens with zero attached hydrogens (tertiary/aromatic N) is 1. The van der Waals surface area contributed by atoms with Crippen LogP contribution in [0.3, 0.4) is 0 Å². The fourth-order valence-corrected chi connectivity index (χ4v) is 2.43. The average Bonchev–Trinajstić information content (AvgIpc) is 3.01. The van der Waals surface area contributed by atoms with Crippen LogP contribution in [0.5, 0.6) is 0 Å². The fraction of sp³-hybridized carbons (Fsp3) is 0.438. The van der Waals surface area contributed by atoms with Gasteiger partial charge in [0.2, 0.25) is 0 Å². The molecule has 0 aliphatic carbocycles. The Morgan fingerprint density at radius 2 is 1.96 bits per heavy atom. The predicted molar refractivity (Wildman–Crippen MR) is 98.6 cm³/mol. The summed E-state index contributed by atoms with van der Waals surface area (Å²) >= 11 is 12.0. The summed E-state index contributed by atoms with van der Waals surface area (Å²) < 4.78 is 0. The van der Waals surface area contributed by atoms with Crippen molar-refractivity contribution in [2.45, 2.75) is 25.7 Å². The van der Waals surface area contributed by atoms with E-state index in [1.54, 1.807) is 0 Å². The van der Waals surface area contributed by atoms with E-state index < -0.39 is 5.97 Å². The number of carboxylic acids is 1. The van der Waals surface area contributed by atoms with Crippen LogP contribution in [-0.2, 0) is 4.79 Å². The van der Waals surface area contributed by atoms with Crippen LogP contribution in [0, 0.1) is 7.43 Å². The molecule has 0 amide bonds. The molecule has 1 aromatic carbocycles. The largest absolute Gasteiger partial charge is 0.481 e. The van der Waals surface area contributed by atoms with Crippen molar-refractivity contribution in [3.05, 3.63) is 35.7 Å². The molecule has 0 unspecified atom stereocenters.